The van der Waals surface area contributed by atoms with Gasteiger partial charge in [-0.25, -0.2) is 9.97 Å². The van der Waals surface area contributed by atoms with Gasteiger partial charge in [0.1, 0.15) is 36.6 Å². The summed E-state index contributed by atoms with van der Waals surface area (Å²) in [6, 6.07) is 3.76. The van der Waals surface area contributed by atoms with Crippen molar-refractivity contribution in [3.05, 3.63) is 42.2 Å². The van der Waals surface area contributed by atoms with Crippen LogP contribution in [-0.4, -0.2) is 63.4 Å². The summed E-state index contributed by atoms with van der Waals surface area (Å²) in [6.45, 7) is 1.68. The zero-order valence-corrected chi connectivity index (χ0v) is 17.5. The van der Waals surface area contributed by atoms with Crippen LogP contribution in [0.5, 0.6) is 5.75 Å². The smallest absolute Gasteiger partial charge is 0.184 e. The van der Waals surface area contributed by atoms with Gasteiger partial charge in [-0.2, -0.15) is 0 Å². The number of likely N-dealkylation sites (tertiary alicyclic amines) is 1. The van der Waals surface area contributed by atoms with E-state index in [0.29, 0.717) is 12.1 Å². The van der Waals surface area contributed by atoms with Crippen molar-refractivity contribution in [2.24, 2.45) is 5.73 Å². The molecule has 2 N–H and O–H groups in total. The number of thioether (sulfide) groups is 1. The van der Waals surface area contributed by atoms with Crippen LogP contribution in [0.1, 0.15) is 30.7 Å². The quantitative estimate of drug-likeness (QED) is 0.778. The van der Waals surface area contributed by atoms with E-state index in [1.54, 1.807) is 24.2 Å². The number of carbonyl (C=O) groups excluding carboxylic acids is 1. The second kappa shape index (κ2) is 8.22. The minimum Gasteiger partial charge on any atom is -0.490 e. The summed E-state index contributed by atoms with van der Waals surface area (Å²) in [4.78, 5) is 28.9. The topological polar surface area (TPSA) is 103 Å². The SMILES string of the molecule is NC1(c2ncnc3c2SCC3)CC(N2CCC(Oc3ccncc3)CC2)OCC1=O. The Kier molecular flexibility index (Phi) is 5.44. The largest absolute Gasteiger partial charge is 0.490 e. The Morgan fingerprint density at radius 1 is 1.23 bits per heavy atom. The molecule has 0 radical (unpaired) electrons. The van der Waals surface area contributed by atoms with Gasteiger partial charge >= 0.3 is 0 Å². The van der Waals surface area contributed by atoms with Gasteiger partial charge in [-0.3, -0.25) is 14.7 Å². The van der Waals surface area contributed by atoms with E-state index >= 15 is 0 Å². The molecule has 0 amide bonds. The lowest BCUT2D eigenvalue weighted by molar-refractivity contribution is -0.157. The molecule has 2 atom stereocenters. The van der Waals surface area contributed by atoms with Crippen molar-refractivity contribution in [2.45, 2.75) is 48.4 Å². The first-order valence-corrected chi connectivity index (χ1v) is 11.3. The molecule has 0 aliphatic carbocycles. The lowest BCUT2D eigenvalue weighted by atomic mass is 9.84. The Balaban J connectivity index is 1.27. The van der Waals surface area contributed by atoms with Crippen molar-refractivity contribution in [2.75, 3.05) is 25.4 Å². The fourth-order valence-electron chi connectivity index (χ4n) is 4.41. The van der Waals surface area contributed by atoms with Gasteiger partial charge in [0.25, 0.3) is 0 Å². The summed E-state index contributed by atoms with van der Waals surface area (Å²) in [5.41, 5.74) is 7.28. The van der Waals surface area contributed by atoms with E-state index in [9.17, 15) is 4.79 Å². The molecule has 2 fully saturated rings. The number of hydrogen-bond acceptors (Lipinski definition) is 9. The standard InChI is InChI=1S/C21H25N5O3S/c22-21(20-19-16(5-10-30-19)24-13-25-20)11-18(28-12-17(21)27)26-8-3-15(4-9-26)29-14-1-6-23-7-2-14/h1-2,6-7,13,15,18H,3-5,8-12,22H2. The number of fused-ring (bicyclic) bond motifs is 1. The third-order valence-electron chi connectivity index (χ3n) is 6.12. The van der Waals surface area contributed by atoms with E-state index in [1.807, 2.05) is 12.1 Å². The molecule has 0 spiro atoms. The maximum absolute atomic E-state index is 12.8. The number of piperidine rings is 1. The van der Waals surface area contributed by atoms with E-state index in [-0.39, 0.29) is 24.7 Å². The molecule has 0 aromatic carbocycles. The van der Waals surface area contributed by atoms with Crippen molar-refractivity contribution in [1.29, 1.82) is 0 Å². The Bertz CT molecular complexity index is 922. The lowest BCUT2D eigenvalue weighted by Crippen LogP contribution is -2.59. The predicted molar refractivity (Wildman–Crippen MR) is 111 cm³/mol. The fourth-order valence-corrected chi connectivity index (χ4v) is 5.60. The molecule has 3 aliphatic heterocycles. The highest BCUT2D eigenvalue weighted by atomic mass is 32.2. The monoisotopic (exact) mass is 427 g/mol. The first kappa shape index (κ1) is 19.9. The first-order valence-electron chi connectivity index (χ1n) is 10.3. The van der Waals surface area contributed by atoms with E-state index in [2.05, 4.69) is 19.9 Å². The molecule has 5 heterocycles. The van der Waals surface area contributed by atoms with Crippen molar-refractivity contribution in [3.63, 3.8) is 0 Å². The Morgan fingerprint density at radius 3 is 2.83 bits per heavy atom. The van der Waals surface area contributed by atoms with Crippen molar-refractivity contribution >= 4 is 17.5 Å². The summed E-state index contributed by atoms with van der Waals surface area (Å²) >= 11 is 1.69. The van der Waals surface area contributed by atoms with Crippen LogP contribution in [0.15, 0.2) is 35.7 Å². The number of nitrogens with two attached hydrogens (primary N) is 1. The van der Waals surface area contributed by atoms with Crippen LogP contribution in [0.4, 0.5) is 0 Å². The highest BCUT2D eigenvalue weighted by molar-refractivity contribution is 7.99. The number of Topliss-reactive ketones (excluding diaryl/α,β-unsaturated/α-hetero) is 1. The lowest BCUT2D eigenvalue weighted by Gasteiger charge is -2.43. The van der Waals surface area contributed by atoms with Crippen molar-refractivity contribution < 1.29 is 14.3 Å². The first-order chi connectivity index (χ1) is 14.6. The molecule has 2 saturated heterocycles. The molecule has 0 saturated carbocycles. The number of hydrogen-bond donors (Lipinski definition) is 1. The van der Waals surface area contributed by atoms with Gasteiger partial charge in [-0.1, -0.05) is 0 Å². The summed E-state index contributed by atoms with van der Waals surface area (Å²) in [7, 11) is 0. The van der Waals surface area contributed by atoms with Crippen LogP contribution in [0.3, 0.4) is 0 Å². The maximum atomic E-state index is 12.8. The molecule has 0 bridgehead atoms. The minimum absolute atomic E-state index is 0.0120. The highest BCUT2D eigenvalue weighted by Gasteiger charge is 2.47. The second-order valence-corrected chi connectivity index (χ2v) is 9.10. The molecular weight excluding hydrogens is 402 g/mol. The van der Waals surface area contributed by atoms with Gasteiger partial charge in [-0.15, -0.1) is 11.8 Å². The Hall–Kier alpha value is -2.07. The minimum atomic E-state index is -1.13. The Morgan fingerprint density at radius 2 is 2.03 bits per heavy atom. The number of ether oxygens (including phenoxy) is 2. The number of ketones is 1. The van der Waals surface area contributed by atoms with E-state index in [4.69, 9.17) is 15.2 Å². The maximum Gasteiger partial charge on any atom is 0.184 e. The molecule has 5 rings (SSSR count). The molecule has 158 valence electrons. The van der Waals surface area contributed by atoms with Gasteiger partial charge < -0.3 is 15.2 Å². The van der Waals surface area contributed by atoms with Crippen LogP contribution in [-0.2, 0) is 21.5 Å². The number of aryl methyl sites for hydroxylation is 1. The summed E-state index contributed by atoms with van der Waals surface area (Å²) < 4.78 is 12.0. The molecular formula is C21H25N5O3S. The fraction of sp³-hybridized carbons (Fsp3) is 0.524. The molecule has 2 unspecified atom stereocenters. The zero-order chi connectivity index (χ0) is 20.6. The van der Waals surface area contributed by atoms with E-state index < -0.39 is 5.54 Å². The molecule has 9 heteroatoms. The van der Waals surface area contributed by atoms with E-state index in [1.165, 1.54) is 6.33 Å². The van der Waals surface area contributed by atoms with E-state index in [0.717, 1.165) is 54.4 Å². The van der Waals surface area contributed by atoms with Crippen LogP contribution in [0, 0.1) is 0 Å². The van der Waals surface area contributed by atoms with Gasteiger partial charge in [-0.05, 0) is 25.0 Å². The normalized spacial score (nSPS) is 27.8. The van der Waals surface area contributed by atoms with Gasteiger partial charge in [0.2, 0.25) is 0 Å². The second-order valence-electron chi connectivity index (χ2n) is 8.00. The highest BCUT2D eigenvalue weighted by Crippen LogP contribution is 2.40. The summed E-state index contributed by atoms with van der Waals surface area (Å²) in [6.07, 6.45) is 8.06. The zero-order valence-electron chi connectivity index (χ0n) is 16.7. The number of rotatable bonds is 4. The third-order valence-corrected chi connectivity index (χ3v) is 7.25. The average Bonchev–Trinajstić information content (AvgIpc) is 3.26. The molecule has 8 nitrogen and oxygen atoms in total. The number of carbonyl (C=O) groups is 1. The molecule has 2 aromatic rings. The molecule has 3 aliphatic rings. The number of aromatic nitrogens is 3. The van der Waals surface area contributed by atoms with Crippen LogP contribution in [0.25, 0.3) is 0 Å². The summed E-state index contributed by atoms with van der Waals surface area (Å²) in [5, 5.41) is 0. The third kappa shape index (κ3) is 3.71. The number of nitrogens with zero attached hydrogens (tertiary/aromatic N) is 4. The van der Waals surface area contributed by atoms with Crippen molar-refractivity contribution in [1.82, 2.24) is 19.9 Å². The van der Waals surface area contributed by atoms with Crippen molar-refractivity contribution in [3.8, 4) is 5.75 Å². The van der Waals surface area contributed by atoms with Crippen LogP contribution < -0.4 is 10.5 Å². The van der Waals surface area contributed by atoms with Gasteiger partial charge in [0.05, 0.1) is 16.3 Å². The van der Waals surface area contributed by atoms with Crippen LogP contribution >= 0.6 is 11.8 Å². The van der Waals surface area contributed by atoms with Gasteiger partial charge in [0, 0.05) is 44.1 Å². The Labute approximate surface area is 179 Å². The average molecular weight is 428 g/mol. The van der Waals surface area contributed by atoms with Crippen LogP contribution in [0.2, 0.25) is 0 Å². The molecule has 30 heavy (non-hydrogen) atoms. The van der Waals surface area contributed by atoms with Gasteiger partial charge in [0.15, 0.2) is 5.78 Å². The predicted octanol–water partition coefficient (Wildman–Crippen LogP) is 1.53. The number of pyridine rings is 1. The molecule has 2 aromatic heterocycles. The summed E-state index contributed by atoms with van der Waals surface area (Å²) in [5.74, 6) is 1.69.